The van der Waals surface area contributed by atoms with Gasteiger partial charge < -0.3 is 29.5 Å². The molecule has 2 aliphatic rings. The van der Waals surface area contributed by atoms with E-state index in [1.54, 1.807) is 19.1 Å². The number of carbonyl (C=O) groups is 2. The van der Waals surface area contributed by atoms with Crippen molar-refractivity contribution in [3.05, 3.63) is 42.5 Å². The smallest absolute Gasteiger partial charge is 0.404 e. The Morgan fingerprint density at radius 2 is 2.16 bits per heavy atom. The minimum absolute atomic E-state index is 0.0395. The van der Waals surface area contributed by atoms with Gasteiger partial charge in [-0.05, 0) is 43.4 Å². The molecule has 1 aromatic rings. The van der Waals surface area contributed by atoms with Crippen LogP contribution in [0.15, 0.2) is 36.9 Å². The molecular weight excluding hydrogens is 432 g/mol. The highest BCUT2D eigenvalue weighted by Gasteiger charge is 2.53. The zero-order valence-corrected chi connectivity index (χ0v) is 19.4. The summed E-state index contributed by atoms with van der Waals surface area (Å²) < 4.78 is 17.7. The molecule has 2 aliphatic heterocycles. The first-order chi connectivity index (χ1) is 15.4. The van der Waals surface area contributed by atoms with E-state index < -0.39 is 11.9 Å². The first kappa shape index (κ1) is 24.4. The lowest BCUT2D eigenvalue weighted by Gasteiger charge is -2.48. The van der Waals surface area contributed by atoms with Gasteiger partial charge in [-0.1, -0.05) is 30.0 Å². The lowest BCUT2D eigenvalue weighted by molar-refractivity contribution is -0.294. The van der Waals surface area contributed by atoms with Gasteiger partial charge in [0.15, 0.2) is 5.79 Å². The quantitative estimate of drug-likeness (QED) is 0.395. The number of thioether (sulfide) groups is 1. The summed E-state index contributed by atoms with van der Waals surface area (Å²) in [5.74, 6) is 0.180. The van der Waals surface area contributed by atoms with E-state index >= 15 is 0 Å². The molecule has 0 unspecified atom stereocenters. The van der Waals surface area contributed by atoms with E-state index in [4.69, 9.17) is 14.2 Å². The summed E-state index contributed by atoms with van der Waals surface area (Å²) in [5.41, 5.74) is 0.969. The van der Waals surface area contributed by atoms with Crippen molar-refractivity contribution in [3.63, 3.8) is 0 Å². The number of nitrogens with one attached hydrogen (secondary N) is 1. The maximum atomic E-state index is 12.8. The van der Waals surface area contributed by atoms with Crippen molar-refractivity contribution >= 4 is 23.1 Å². The van der Waals surface area contributed by atoms with Crippen LogP contribution in [0.25, 0.3) is 0 Å². The summed E-state index contributed by atoms with van der Waals surface area (Å²) >= 11 is 1.24. The highest BCUT2D eigenvalue weighted by molar-refractivity contribution is 8.13. The Labute approximate surface area is 193 Å². The van der Waals surface area contributed by atoms with E-state index in [-0.39, 0.29) is 23.4 Å². The minimum Gasteiger partial charge on any atom is -0.497 e. The van der Waals surface area contributed by atoms with E-state index in [9.17, 15) is 14.7 Å². The number of ether oxygens (including phenoxy) is 3. The average Bonchev–Trinajstić information content (AvgIpc) is 3.14. The largest absolute Gasteiger partial charge is 0.497 e. The maximum Gasteiger partial charge on any atom is 0.404 e. The number of allylic oxidation sites excluding steroid dienone is 1. The van der Waals surface area contributed by atoms with Gasteiger partial charge in [0.25, 0.3) is 5.24 Å². The van der Waals surface area contributed by atoms with Crippen molar-refractivity contribution in [1.29, 1.82) is 0 Å². The van der Waals surface area contributed by atoms with Gasteiger partial charge in [0.1, 0.15) is 5.75 Å². The van der Waals surface area contributed by atoms with Crippen LogP contribution in [0.5, 0.6) is 5.75 Å². The monoisotopic (exact) mass is 464 g/mol. The average molecular weight is 465 g/mol. The molecule has 8 nitrogen and oxygen atoms in total. The molecule has 2 amide bonds. The number of methoxy groups -OCH3 is 2. The Kier molecular flexibility index (Phi) is 8.44. The Bertz CT molecular complexity index is 804. The molecule has 3 rings (SSSR count). The van der Waals surface area contributed by atoms with Crippen LogP contribution in [-0.4, -0.2) is 65.3 Å². The third kappa shape index (κ3) is 5.76. The van der Waals surface area contributed by atoms with E-state index in [1.807, 2.05) is 30.3 Å². The van der Waals surface area contributed by atoms with Gasteiger partial charge >= 0.3 is 6.09 Å². The molecule has 2 N–H and O–H groups in total. The van der Waals surface area contributed by atoms with Crippen LogP contribution in [0, 0.1) is 0 Å². The topological polar surface area (TPSA) is 97.3 Å². The minimum atomic E-state index is -1.09. The van der Waals surface area contributed by atoms with Crippen molar-refractivity contribution in [2.75, 3.05) is 20.0 Å². The molecular formula is C23H32N2O6S. The number of amides is 2. The van der Waals surface area contributed by atoms with Crippen molar-refractivity contribution < 1.29 is 28.9 Å². The predicted octanol–water partition coefficient (Wildman–Crippen LogP) is 4.25. The Morgan fingerprint density at radius 3 is 2.78 bits per heavy atom. The number of hydrogen-bond acceptors (Lipinski definition) is 6. The molecule has 0 radical (unpaired) electrons. The molecule has 176 valence electrons. The molecule has 0 aromatic heterocycles. The Morgan fingerprint density at radius 1 is 1.41 bits per heavy atom. The van der Waals surface area contributed by atoms with Crippen LogP contribution >= 0.6 is 11.8 Å². The molecule has 0 aliphatic carbocycles. The number of unbranched alkanes of at least 4 members (excludes halogenated alkanes) is 1. The summed E-state index contributed by atoms with van der Waals surface area (Å²) in [7, 11) is 3.18. The highest BCUT2D eigenvalue weighted by atomic mass is 32.2. The van der Waals surface area contributed by atoms with Gasteiger partial charge in [0, 0.05) is 31.9 Å². The number of rotatable bonds is 10. The fourth-order valence-electron chi connectivity index (χ4n) is 4.47. The highest BCUT2D eigenvalue weighted by Crippen LogP contribution is 2.42. The van der Waals surface area contributed by atoms with Crippen LogP contribution < -0.4 is 10.1 Å². The van der Waals surface area contributed by atoms with Crippen LogP contribution in [0.1, 0.15) is 37.7 Å². The summed E-state index contributed by atoms with van der Waals surface area (Å²) in [6, 6.07) is 6.93. The maximum absolute atomic E-state index is 12.8. The fraction of sp³-hybridized carbons (Fsp3) is 0.565. The predicted molar refractivity (Wildman–Crippen MR) is 123 cm³/mol. The van der Waals surface area contributed by atoms with E-state index in [0.717, 1.165) is 30.6 Å². The van der Waals surface area contributed by atoms with Crippen molar-refractivity contribution in [2.45, 2.75) is 62.6 Å². The summed E-state index contributed by atoms with van der Waals surface area (Å²) in [6.07, 6.45) is 4.04. The van der Waals surface area contributed by atoms with Gasteiger partial charge in [-0.25, -0.2) is 4.79 Å². The van der Waals surface area contributed by atoms with Gasteiger partial charge in [-0.15, -0.1) is 6.58 Å². The van der Waals surface area contributed by atoms with Crippen molar-refractivity contribution in [1.82, 2.24) is 10.2 Å². The van der Waals surface area contributed by atoms with Gasteiger partial charge in [0.2, 0.25) is 0 Å². The Hall–Kier alpha value is -2.23. The SMILES string of the molecule is C=CCCC[C@@H]1C[C@@H](NC(=O)O)C[C@](OC)([C@@H]2CSC(=O)N2Cc2ccc(OC)cc2)O1. The van der Waals surface area contributed by atoms with E-state index in [1.165, 1.54) is 11.8 Å². The van der Waals surface area contributed by atoms with Crippen LogP contribution in [0.2, 0.25) is 0 Å². The molecule has 4 atom stereocenters. The fourth-order valence-corrected chi connectivity index (χ4v) is 5.56. The first-order valence-corrected chi connectivity index (χ1v) is 11.8. The summed E-state index contributed by atoms with van der Waals surface area (Å²) in [6.45, 7) is 4.17. The van der Waals surface area contributed by atoms with Crippen molar-refractivity contribution in [3.8, 4) is 5.75 Å². The molecule has 0 bridgehead atoms. The van der Waals surface area contributed by atoms with Crippen LogP contribution in [0.3, 0.4) is 0 Å². The first-order valence-electron chi connectivity index (χ1n) is 10.8. The lowest BCUT2D eigenvalue weighted by Crippen LogP contribution is -2.62. The molecule has 9 heteroatoms. The number of nitrogens with zero attached hydrogens (tertiary/aromatic N) is 1. The van der Waals surface area contributed by atoms with E-state index in [0.29, 0.717) is 25.1 Å². The lowest BCUT2D eigenvalue weighted by atomic mass is 9.89. The second-order valence-electron chi connectivity index (χ2n) is 8.13. The molecule has 0 spiro atoms. The second kappa shape index (κ2) is 11.1. The standard InChI is InChI=1S/C23H32N2O6S/c1-4-5-6-7-19-12-17(24-21(26)27)13-23(30-3,31-19)20-15-32-22(28)25(20)14-16-8-10-18(29-2)11-9-16/h4,8-11,17,19-20,24H,1,5-7,12-15H2,2-3H3,(H,26,27)/t17-,19-,20+,23-/m1/s1. The van der Waals surface area contributed by atoms with Gasteiger partial charge in [-0.3, -0.25) is 4.79 Å². The number of hydrogen-bond donors (Lipinski definition) is 2. The summed E-state index contributed by atoms with van der Waals surface area (Å²) in [4.78, 5) is 26.0. The molecule has 2 saturated heterocycles. The summed E-state index contributed by atoms with van der Waals surface area (Å²) in [5, 5.41) is 11.9. The molecule has 2 heterocycles. The molecule has 32 heavy (non-hydrogen) atoms. The van der Waals surface area contributed by atoms with E-state index in [2.05, 4.69) is 11.9 Å². The molecule has 0 saturated carbocycles. The number of carboxylic acid groups (broad SMARTS) is 1. The zero-order chi connectivity index (χ0) is 23.1. The molecule has 2 fully saturated rings. The number of carbonyl (C=O) groups excluding carboxylic acids is 1. The normalized spacial score (nSPS) is 27.9. The second-order valence-corrected chi connectivity index (χ2v) is 9.10. The third-order valence-electron chi connectivity index (χ3n) is 6.05. The Balaban J connectivity index is 1.83. The van der Waals surface area contributed by atoms with Crippen molar-refractivity contribution in [2.24, 2.45) is 0 Å². The van der Waals surface area contributed by atoms with Crippen LogP contribution in [-0.2, 0) is 16.0 Å². The van der Waals surface area contributed by atoms with Gasteiger partial charge in [-0.2, -0.15) is 0 Å². The zero-order valence-electron chi connectivity index (χ0n) is 18.6. The molecule has 1 aromatic carbocycles. The third-order valence-corrected chi connectivity index (χ3v) is 7.01. The number of benzene rings is 1. The van der Waals surface area contributed by atoms with Gasteiger partial charge in [0.05, 0.1) is 19.3 Å². The van der Waals surface area contributed by atoms with Crippen LogP contribution in [0.4, 0.5) is 9.59 Å².